The van der Waals surface area contributed by atoms with Gasteiger partial charge in [-0.15, -0.1) is 0 Å². The Morgan fingerprint density at radius 1 is 0.562 bits per heavy atom. The van der Waals surface area contributed by atoms with Crippen LogP contribution in [0.15, 0.2) is 23.8 Å². The zero-order valence-corrected chi connectivity index (χ0v) is 52.9. The Labute approximate surface area is 519 Å². The molecule has 26 nitrogen and oxygen atoms in total. The zero-order valence-electron chi connectivity index (χ0n) is 52.9. The summed E-state index contributed by atoms with van der Waals surface area (Å²) in [7, 11) is 0. The van der Waals surface area contributed by atoms with Crippen molar-refractivity contribution in [3.8, 4) is 0 Å². The molecule has 10 aliphatic rings. The summed E-state index contributed by atoms with van der Waals surface area (Å²) >= 11 is 0. The standard InChI is InChI=1S/C63H100O26/c1-12-13-37(67)85-49-29(5)83-56(51(46(49)76)88-55-45(75)42(72)48(28(4)82-55)86-52-47(77)50(32(65)24-79-52)87-54-44(74)41(71)39(69)27(3)81-54)89-57(78)63-21-20-58(6,7)22-31(63)30-14-15-34-59(8)18-17-36(84-53-43(73)40(70)38(68)26(2)80-53)60(9,25-64)33(59)16-19-61(34,10)62(30,11)23-35(63)66/h12-14,26-29,31-36,38-56,64-66,68-77H,15-25H2,1-11H3/b13-12+/t26-,27-,28-,29+,31-,32+,33+,34+,35+,36-,38-,39-,40+,41+,42-,43+,44+,45+,46-,47+,48-,49-,50-,51+,52-,53-,54-,55-,56+,59-,60-,61+,62+,63+/m0/s1. The minimum Gasteiger partial charge on any atom is -0.454 e. The fourth-order valence-corrected chi connectivity index (χ4v) is 18.1. The number of esters is 2. The number of carbonyl (C=O) groups is 2. The molecule has 0 unspecified atom stereocenters. The molecule has 0 amide bonds. The van der Waals surface area contributed by atoms with Crippen LogP contribution in [0.2, 0.25) is 0 Å². The SMILES string of the molecule is C/C=C/C(=O)O[C@@H]1[C@H](O)[C@@H](O[C@@H]2O[C@@H](C)[C@H](O[C@@H]3OC[C@@H](O)[C@H](O[C@@H]4O[C@@H](C)[C@H](O)[C@@H](O)[C@H]4O)[C@H]3O)[C@@H](O)[C@H]2O)[C@@H](OC(=O)[C@]23CCC(C)(C)C[C@H]2C2=CC[C@@H]4[C@@]5(C)CC[C@H](O[C@@H]6O[C@@H](C)[C@H](O)[C@@H](O)[C@H]6O)[C@@](C)(CO)[C@@H]5CC[C@@]4(C)[C@]2(C)C[C@H]3O)O[C@@H]1C. The molecule has 26 heteroatoms. The third kappa shape index (κ3) is 11.7. The van der Waals surface area contributed by atoms with Crippen molar-refractivity contribution < 1.29 is 128 Å². The van der Waals surface area contributed by atoms with E-state index in [1.54, 1.807) is 13.8 Å². The Hall–Kier alpha value is -2.46. The van der Waals surface area contributed by atoms with Crippen LogP contribution in [0.3, 0.4) is 0 Å². The van der Waals surface area contributed by atoms with E-state index < -0.39 is 206 Å². The molecule has 0 aromatic heterocycles. The van der Waals surface area contributed by atoms with Crippen molar-refractivity contribution >= 4 is 11.9 Å². The van der Waals surface area contributed by atoms with Crippen molar-refractivity contribution in [2.75, 3.05) is 13.2 Å². The number of aliphatic hydroxyl groups is 13. The minimum atomic E-state index is -2.01. The topological polar surface area (TPSA) is 399 Å². The first kappa shape index (κ1) is 69.4. The summed E-state index contributed by atoms with van der Waals surface area (Å²) in [4.78, 5) is 28.8. The lowest BCUT2D eigenvalue weighted by Crippen LogP contribution is -2.69. The second kappa shape index (κ2) is 25.6. The van der Waals surface area contributed by atoms with E-state index in [-0.39, 0.29) is 42.1 Å². The fourth-order valence-electron chi connectivity index (χ4n) is 18.1. The van der Waals surface area contributed by atoms with Crippen molar-refractivity contribution in [2.45, 2.75) is 294 Å². The molecule has 0 bridgehead atoms. The first-order valence-electron chi connectivity index (χ1n) is 32.0. The predicted molar refractivity (Wildman–Crippen MR) is 305 cm³/mol. The van der Waals surface area contributed by atoms with E-state index in [0.717, 1.165) is 11.6 Å². The average Bonchev–Trinajstić information content (AvgIpc) is 0.689. The monoisotopic (exact) mass is 1270 g/mol. The highest BCUT2D eigenvalue weighted by Gasteiger charge is 2.73. The maximum atomic E-state index is 15.8. The molecular weight excluding hydrogens is 1170 g/mol. The Morgan fingerprint density at radius 3 is 1.74 bits per heavy atom. The Bertz CT molecular complexity index is 2570. The highest BCUT2D eigenvalue weighted by molar-refractivity contribution is 5.82. The quantitative estimate of drug-likeness (QED) is 0.0483. The van der Waals surface area contributed by atoms with Gasteiger partial charge in [0.05, 0.1) is 49.8 Å². The molecule has 508 valence electrons. The van der Waals surface area contributed by atoms with E-state index in [2.05, 4.69) is 40.7 Å². The van der Waals surface area contributed by atoms with Gasteiger partial charge in [-0.1, -0.05) is 59.3 Å². The van der Waals surface area contributed by atoms with Crippen LogP contribution in [0.5, 0.6) is 0 Å². The molecule has 0 spiro atoms. The van der Waals surface area contributed by atoms with Gasteiger partial charge in [0.1, 0.15) is 84.8 Å². The van der Waals surface area contributed by atoms with Crippen LogP contribution in [0.1, 0.15) is 134 Å². The summed E-state index contributed by atoms with van der Waals surface area (Å²) in [5.41, 5.74) is -3.06. The molecule has 13 N–H and O–H groups in total. The predicted octanol–water partition coefficient (Wildman–Crippen LogP) is -0.391. The number of ether oxygens (including phenoxy) is 11. The van der Waals surface area contributed by atoms with Crippen LogP contribution in [-0.2, 0) is 61.7 Å². The largest absolute Gasteiger partial charge is 0.454 e. The number of aliphatic hydroxyl groups excluding tert-OH is 13. The normalized spacial score (nSPS) is 54.2. The zero-order chi connectivity index (χ0) is 65.2. The van der Waals surface area contributed by atoms with Crippen molar-refractivity contribution in [1.29, 1.82) is 0 Å². The van der Waals surface area contributed by atoms with Crippen LogP contribution in [-0.4, -0.2) is 251 Å². The second-order valence-corrected chi connectivity index (χ2v) is 29.4. The Kier molecular flexibility index (Phi) is 20.0. The second-order valence-electron chi connectivity index (χ2n) is 29.4. The molecule has 89 heavy (non-hydrogen) atoms. The van der Waals surface area contributed by atoms with Gasteiger partial charge < -0.3 is 118 Å². The van der Waals surface area contributed by atoms with Gasteiger partial charge in [-0.2, -0.15) is 0 Å². The van der Waals surface area contributed by atoms with Crippen molar-refractivity contribution in [3.63, 3.8) is 0 Å². The number of hydrogen-bond donors (Lipinski definition) is 13. The molecule has 0 aromatic rings. The number of carbonyl (C=O) groups excluding carboxylic acids is 2. The smallest absolute Gasteiger partial charge is 0.330 e. The lowest BCUT2D eigenvalue weighted by atomic mass is 9.33. The molecule has 10 rings (SSSR count). The third-order valence-electron chi connectivity index (χ3n) is 23.7. The Morgan fingerprint density at radius 2 is 1.12 bits per heavy atom. The molecule has 9 fully saturated rings. The van der Waals surface area contributed by atoms with Gasteiger partial charge in [-0.25, -0.2) is 4.79 Å². The highest BCUT2D eigenvalue weighted by atomic mass is 16.8. The van der Waals surface area contributed by atoms with Crippen LogP contribution >= 0.6 is 0 Å². The van der Waals surface area contributed by atoms with Crippen LogP contribution in [0, 0.1) is 50.2 Å². The molecule has 5 saturated heterocycles. The molecule has 0 radical (unpaired) electrons. The summed E-state index contributed by atoms with van der Waals surface area (Å²) in [6.45, 7) is 19.9. The van der Waals surface area contributed by atoms with Gasteiger partial charge in [0.15, 0.2) is 37.4 Å². The maximum Gasteiger partial charge on any atom is 0.330 e. The highest BCUT2D eigenvalue weighted by Crippen LogP contribution is 2.76. The molecule has 5 aliphatic carbocycles. The van der Waals surface area contributed by atoms with Gasteiger partial charge in [0, 0.05) is 11.5 Å². The average molecular weight is 1270 g/mol. The number of fused-ring (bicyclic) bond motifs is 7. The molecule has 5 aliphatic heterocycles. The van der Waals surface area contributed by atoms with Crippen molar-refractivity contribution in [1.82, 2.24) is 0 Å². The lowest BCUT2D eigenvalue weighted by Gasteiger charge is -2.72. The van der Waals surface area contributed by atoms with E-state index in [4.69, 9.17) is 52.1 Å². The molecule has 5 heterocycles. The van der Waals surface area contributed by atoms with E-state index in [9.17, 15) is 71.2 Å². The summed E-state index contributed by atoms with van der Waals surface area (Å²) in [6, 6.07) is 0. The van der Waals surface area contributed by atoms with E-state index >= 15 is 4.79 Å². The van der Waals surface area contributed by atoms with Gasteiger partial charge >= 0.3 is 11.9 Å². The summed E-state index contributed by atoms with van der Waals surface area (Å²) in [5, 5.41) is 146. The Balaban J connectivity index is 0.889. The summed E-state index contributed by atoms with van der Waals surface area (Å²) in [5.74, 6) is -2.23. The van der Waals surface area contributed by atoms with Crippen molar-refractivity contribution in [3.05, 3.63) is 23.8 Å². The van der Waals surface area contributed by atoms with Gasteiger partial charge in [-0.05, 0) is 132 Å². The number of rotatable bonds is 13. The first-order valence-corrected chi connectivity index (χ1v) is 32.0. The summed E-state index contributed by atoms with van der Waals surface area (Å²) < 4.78 is 66.2. The molecule has 34 atom stereocenters. The number of allylic oxidation sites excluding steroid dienone is 3. The van der Waals surface area contributed by atoms with E-state index in [1.807, 2.05) is 6.92 Å². The number of hydrogen-bond acceptors (Lipinski definition) is 26. The third-order valence-corrected chi connectivity index (χ3v) is 23.7. The van der Waals surface area contributed by atoms with E-state index in [1.165, 1.54) is 26.8 Å². The van der Waals surface area contributed by atoms with E-state index in [0.29, 0.717) is 44.9 Å². The van der Waals surface area contributed by atoms with Crippen LogP contribution < -0.4 is 0 Å². The summed E-state index contributed by atoms with van der Waals surface area (Å²) in [6.07, 6.45) is -29.3. The first-order chi connectivity index (χ1) is 41.6. The van der Waals surface area contributed by atoms with Gasteiger partial charge in [0.25, 0.3) is 0 Å². The van der Waals surface area contributed by atoms with Gasteiger partial charge in [0.2, 0.25) is 6.29 Å². The van der Waals surface area contributed by atoms with Crippen molar-refractivity contribution in [2.24, 2.45) is 50.2 Å². The van der Waals surface area contributed by atoms with Gasteiger partial charge in [-0.3, -0.25) is 4.79 Å². The minimum absolute atomic E-state index is 0.0429. The van der Waals surface area contributed by atoms with Crippen LogP contribution in [0.25, 0.3) is 0 Å². The lowest BCUT2D eigenvalue weighted by molar-refractivity contribution is -0.380. The maximum absolute atomic E-state index is 15.8. The molecule has 0 aromatic carbocycles. The van der Waals surface area contributed by atoms with Crippen LogP contribution in [0.4, 0.5) is 0 Å². The molecule has 4 saturated carbocycles. The molecular formula is C63H100O26. The fraction of sp³-hybridized carbons (Fsp3) is 0.905.